The zero-order chi connectivity index (χ0) is 15.7. The molecule has 3 nitrogen and oxygen atoms in total. The number of fused-ring (bicyclic) bond motifs is 3. The van der Waals surface area contributed by atoms with Crippen molar-refractivity contribution in [2.45, 2.75) is 26.3 Å². The van der Waals surface area contributed by atoms with Gasteiger partial charge in [0.2, 0.25) is 0 Å². The van der Waals surface area contributed by atoms with Crippen LogP contribution < -0.4 is 5.73 Å². The van der Waals surface area contributed by atoms with E-state index in [1.165, 1.54) is 0 Å². The average Bonchev–Trinajstić information content (AvgIpc) is 2.81. The Morgan fingerprint density at radius 2 is 2.00 bits per heavy atom. The number of Topliss-reactive ketones (excluding diaryl/α,β-unsaturated/α-hetero) is 1. The summed E-state index contributed by atoms with van der Waals surface area (Å²) >= 11 is 0. The second-order valence-electron chi connectivity index (χ2n) is 5.89. The second kappa shape index (κ2) is 5.78. The third-order valence-corrected chi connectivity index (χ3v) is 3.84. The van der Waals surface area contributed by atoms with Crippen LogP contribution in [0.2, 0.25) is 0 Å². The Bertz CT molecular complexity index is 819. The minimum Gasteiger partial charge on any atom is -0.354 e. The number of rotatable bonds is 3. The molecule has 1 aliphatic rings. The number of allylic oxidation sites excluding steroid dienone is 5. The van der Waals surface area contributed by atoms with Crippen LogP contribution in [0.5, 0.6) is 0 Å². The lowest BCUT2D eigenvalue weighted by molar-refractivity contribution is -0.113. The van der Waals surface area contributed by atoms with Gasteiger partial charge in [-0.05, 0) is 26.0 Å². The van der Waals surface area contributed by atoms with Gasteiger partial charge in [-0.15, -0.1) is 0 Å². The van der Waals surface area contributed by atoms with Gasteiger partial charge in [0.1, 0.15) is 0 Å². The van der Waals surface area contributed by atoms with Crippen molar-refractivity contribution < 1.29 is 4.79 Å². The van der Waals surface area contributed by atoms with Crippen molar-refractivity contribution in [2.75, 3.05) is 0 Å². The van der Waals surface area contributed by atoms with Gasteiger partial charge in [-0.1, -0.05) is 42.0 Å². The maximum atomic E-state index is 12.7. The zero-order valence-electron chi connectivity index (χ0n) is 12.9. The number of aromatic nitrogens is 1. The van der Waals surface area contributed by atoms with Crippen molar-refractivity contribution in [3.63, 3.8) is 0 Å². The van der Waals surface area contributed by atoms with E-state index in [0.29, 0.717) is 6.42 Å². The Hall–Kier alpha value is -2.39. The normalized spacial score (nSPS) is 15.6. The van der Waals surface area contributed by atoms with Gasteiger partial charge in [0.05, 0.1) is 0 Å². The number of nitrogens with two attached hydrogens (primary N) is 1. The molecule has 3 heteroatoms. The largest absolute Gasteiger partial charge is 0.354 e. The maximum absolute atomic E-state index is 12.7. The molecule has 0 radical (unpaired) electrons. The molecule has 22 heavy (non-hydrogen) atoms. The number of hydrogen-bond donors (Lipinski definition) is 2. The van der Waals surface area contributed by atoms with Crippen LogP contribution in [0.4, 0.5) is 0 Å². The van der Waals surface area contributed by atoms with E-state index < -0.39 is 0 Å². The molecule has 1 heterocycles. The van der Waals surface area contributed by atoms with Crippen LogP contribution in [-0.4, -0.2) is 16.8 Å². The molecule has 2 aromatic rings. The first-order valence-electron chi connectivity index (χ1n) is 7.53. The number of carbonyl (C=O) groups is 1. The van der Waals surface area contributed by atoms with E-state index in [1.54, 1.807) is 0 Å². The molecule has 1 aromatic carbocycles. The summed E-state index contributed by atoms with van der Waals surface area (Å²) in [6.45, 7) is 3.88. The molecular weight excluding hydrogens is 272 g/mol. The van der Waals surface area contributed by atoms with Gasteiger partial charge >= 0.3 is 0 Å². The fourth-order valence-electron chi connectivity index (χ4n) is 2.78. The van der Waals surface area contributed by atoms with Crippen molar-refractivity contribution in [1.29, 1.82) is 0 Å². The van der Waals surface area contributed by atoms with Gasteiger partial charge in [-0.2, -0.15) is 0 Å². The summed E-state index contributed by atoms with van der Waals surface area (Å²) < 4.78 is 0. The lowest BCUT2D eigenvalue weighted by Crippen LogP contribution is -2.20. The van der Waals surface area contributed by atoms with E-state index in [4.69, 9.17) is 5.73 Å². The summed E-state index contributed by atoms with van der Waals surface area (Å²) in [6, 6.07) is 7.92. The van der Waals surface area contributed by atoms with Gasteiger partial charge in [0.25, 0.3) is 0 Å². The fourth-order valence-corrected chi connectivity index (χ4v) is 2.78. The van der Waals surface area contributed by atoms with Crippen molar-refractivity contribution in [3.8, 4) is 0 Å². The van der Waals surface area contributed by atoms with E-state index in [2.05, 4.69) is 11.1 Å². The Balaban J connectivity index is 2.23. The summed E-state index contributed by atoms with van der Waals surface area (Å²) in [5.41, 5.74) is 10.6. The molecule has 1 aromatic heterocycles. The number of para-hydroxylation sites is 1. The molecule has 0 spiro atoms. The third kappa shape index (κ3) is 2.68. The number of ketones is 1. The molecule has 0 saturated carbocycles. The summed E-state index contributed by atoms with van der Waals surface area (Å²) in [5.74, 6) is 0.0837. The van der Waals surface area contributed by atoms with Crippen LogP contribution in [0.25, 0.3) is 22.6 Å². The first kappa shape index (κ1) is 14.5. The second-order valence-corrected chi connectivity index (χ2v) is 5.89. The highest BCUT2D eigenvalue weighted by Crippen LogP contribution is 2.32. The SMILES string of the molecule is CC1=CC=C(C(=O)CC(C)N)c2c([nH]c3ccccc23)C=C1. The smallest absolute Gasteiger partial charge is 0.165 e. The highest BCUT2D eigenvalue weighted by Gasteiger charge is 2.20. The molecule has 1 aliphatic carbocycles. The molecule has 0 aliphatic heterocycles. The van der Waals surface area contributed by atoms with Gasteiger partial charge in [-0.3, -0.25) is 4.79 Å². The molecule has 1 atom stereocenters. The van der Waals surface area contributed by atoms with E-state index in [9.17, 15) is 4.79 Å². The summed E-state index contributed by atoms with van der Waals surface area (Å²) in [4.78, 5) is 16.1. The molecular formula is C19H20N2O. The van der Waals surface area contributed by atoms with E-state index >= 15 is 0 Å². The summed E-state index contributed by atoms with van der Waals surface area (Å²) in [7, 11) is 0. The molecule has 0 bridgehead atoms. The van der Waals surface area contributed by atoms with Gasteiger partial charge in [-0.25, -0.2) is 0 Å². The Kier molecular flexibility index (Phi) is 3.82. The first-order chi connectivity index (χ1) is 10.6. The van der Waals surface area contributed by atoms with Crippen molar-refractivity contribution in [2.24, 2.45) is 5.73 Å². The quantitative estimate of drug-likeness (QED) is 0.903. The molecule has 0 fully saturated rings. The standard InChI is InChI=1S/C19H20N2O/c1-12-7-9-15(18(22)11-13(2)20)19-14-5-3-4-6-16(14)21-17(19)10-8-12/h3-10,13,21H,11,20H2,1-2H3. The third-order valence-electron chi connectivity index (χ3n) is 3.84. The van der Waals surface area contributed by atoms with Crippen molar-refractivity contribution in [3.05, 3.63) is 59.3 Å². The number of carbonyl (C=O) groups excluding carboxylic acids is 1. The molecule has 0 saturated heterocycles. The summed E-state index contributed by atoms with van der Waals surface area (Å²) in [5, 5.41) is 1.07. The van der Waals surface area contributed by atoms with Crippen LogP contribution in [0, 0.1) is 0 Å². The van der Waals surface area contributed by atoms with Crippen LogP contribution >= 0.6 is 0 Å². The summed E-state index contributed by atoms with van der Waals surface area (Å²) in [6.07, 6.45) is 8.34. The number of hydrogen-bond acceptors (Lipinski definition) is 2. The highest BCUT2D eigenvalue weighted by atomic mass is 16.1. The van der Waals surface area contributed by atoms with Crippen LogP contribution in [0.1, 0.15) is 31.5 Å². The lowest BCUT2D eigenvalue weighted by atomic mass is 9.93. The molecule has 1 unspecified atom stereocenters. The molecule has 0 amide bonds. The van der Waals surface area contributed by atoms with E-state index in [0.717, 1.165) is 33.3 Å². The lowest BCUT2D eigenvalue weighted by Gasteiger charge is -2.11. The van der Waals surface area contributed by atoms with E-state index in [1.807, 2.05) is 56.3 Å². The predicted molar refractivity (Wildman–Crippen MR) is 92.3 cm³/mol. The monoisotopic (exact) mass is 292 g/mol. The number of nitrogens with one attached hydrogen (secondary N) is 1. The molecule has 3 N–H and O–H groups in total. The highest BCUT2D eigenvalue weighted by molar-refractivity contribution is 6.25. The van der Waals surface area contributed by atoms with Crippen LogP contribution in [-0.2, 0) is 4.79 Å². The number of benzene rings is 1. The zero-order valence-corrected chi connectivity index (χ0v) is 12.9. The Morgan fingerprint density at radius 3 is 2.77 bits per heavy atom. The predicted octanol–water partition coefficient (Wildman–Crippen LogP) is 3.83. The Morgan fingerprint density at radius 1 is 1.23 bits per heavy atom. The van der Waals surface area contributed by atoms with Crippen LogP contribution in [0.15, 0.2) is 48.1 Å². The van der Waals surface area contributed by atoms with Crippen molar-refractivity contribution >= 4 is 28.3 Å². The number of aromatic amines is 1. The molecule has 3 rings (SSSR count). The van der Waals surface area contributed by atoms with Crippen molar-refractivity contribution in [1.82, 2.24) is 4.98 Å². The molecule has 112 valence electrons. The maximum Gasteiger partial charge on any atom is 0.165 e. The fraction of sp³-hybridized carbons (Fsp3) is 0.211. The van der Waals surface area contributed by atoms with Gasteiger partial charge in [0.15, 0.2) is 5.78 Å². The minimum absolute atomic E-state index is 0.0837. The number of H-pyrrole nitrogens is 1. The van der Waals surface area contributed by atoms with Crippen LogP contribution in [0.3, 0.4) is 0 Å². The Labute approximate surface area is 130 Å². The average molecular weight is 292 g/mol. The topological polar surface area (TPSA) is 58.9 Å². The van der Waals surface area contributed by atoms with Gasteiger partial charge < -0.3 is 10.7 Å². The van der Waals surface area contributed by atoms with Gasteiger partial charge in [0, 0.05) is 40.2 Å². The van der Waals surface area contributed by atoms with E-state index in [-0.39, 0.29) is 11.8 Å². The minimum atomic E-state index is -0.145. The first-order valence-corrected chi connectivity index (χ1v) is 7.53.